The number of nitrogens with zero attached hydrogens (tertiary/aromatic N) is 4. The average Bonchev–Trinajstić information content (AvgIpc) is 3.67. The largest absolute Gasteiger partial charge is 0.465 e. The highest BCUT2D eigenvalue weighted by molar-refractivity contribution is 5.93. The topological polar surface area (TPSA) is 190 Å². The molecule has 2 aromatic heterocycles. The second-order valence-corrected chi connectivity index (χ2v) is 9.24. The molecule has 0 fully saturated rings. The fraction of sp³-hybridized carbons (Fsp3) is 0.133. The highest BCUT2D eigenvalue weighted by atomic mass is 16.4. The van der Waals surface area contributed by atoms with Gasteiger partial charge in [0.25, 0.3) is 11.8 Å². The summed E-state index contributed by atoms with van der Waals surface area (Å²) in [6.07, 6.45) is 0.422. The summed E-state index contributed by atoms with van der Waals surface area (Å²) in [5, 5.41) is 26.3. The van der Waals surface area contributed by atoms with E-state index in [9.17, 15) is 14.4 Å². The molecule has 13 nitrogen and oxygen atoms in total. The molecular weight excluding hydrogens is 552 g/mol. The average molecular weight is 583 g/mol. The van der Waals surface area contributed by atoms with Crippen molar-refractivity contribution in [3.8, 4) is 34.2 Å². The predicted molar refractivity (Wildman–Crippen MR) is 158 cm³/mol. The van der Waals surface area contributed by atoms with Crippen LogP contribution in [0, 0.1) is 0 Å². The van der Waals surface area contributed by atoms with Crippen molar-refractivity contribution >= 4 is 17.9 Å². The number of hydrogen-bond acceptors (Lipinski definition) is 8. The molecule has 5 rings (SSSR count). The van der Waals surface area contributed by atoms with E-state index in [2.05, 4.69) is 25.9 Å². The van der Waals surface area contributed by atoms with Crippen molar-refractivity contribution in [2.24, 2.45) is 12.9 Å². The third kappa shape index (κ3) is 7.89. The minimum absolute atomic E-state index is 0.240. The molecule has 0 unspecified atom stereocenters. The molecule has 0 spiro atoms. The zero-order chi connectivity index (χ0) is 30.8. The summed E-state index contributed by atoms with van der Waals surface area (Å²) in [6.45, 7) is 1.72. The molecule has 0 saturated heterocycles. The van der Waals surface area contributed by atoms with Gasteiger partial charge in [-0.2, -0.15) is 5.10 Å². The number of hydrazine groups is 1. The highest BCUT2D eigenvalue weighted by Gasteiger charge is 2.20. The van der Waals surface area contributed by atoms with Crippen LogP contribution in [0.15, 0.2) is 95.5 Å². The normalized spacial score (nSPS) is 11.0. The van der Waals surface area contributed by atoms with Crippen LogP contribution in [0.5, 0.6) is 0 Å². The molecular formula is C30H30N8O5. The van der Waals surface area contributed by atoms with Gasteiger partial charge in [0.15, 0.2) is 0 Å². The van der Waals surface area contributed by atoms with Crippen LogP contribution in [0.25, 0.3) is 34.2 Å². The molecule has 13 heteroatoms. The lowest BCUT2D eigenvalue weighted by Crippen LogP contribution is -2.43. The molecule has 6 N–H and O–H groups in total. The van der Waals surface area contributed by atoms with Crippen LogP contribution in [0.1, 0.15) is 22.8 Å². The maximum atomic E-state index is 12.1. The smallest absolute Gasteiger partial charge is 0.405 e. The van der Waals surface area contributed by atoms with Crippen LogP contribution < -0.4 is 21.9 Å². The molecule has 3 aromatic carbocycles. The van der Waals surface area contributed by atoms with Gasteiger partial charge in [-0.1, -0.05) is 54.6 Å². The van der Waals surface area contributed by atoms with Crippen LogP contribution >= 0.6 is 0 Å². The summed E-state index contributed by atoms with van der Waals surface area (Å²) in [5.41, 5.74) is 6.61. The van der Waals surface area contributed by atoms with Crippen LogP contribution in [0.3, 0.4) is 0 Å². The van der Waals surface area contributed by atoms with Crippen LogP contribution in [-0.2, 0) is 18.4 Å². The van der Waals surface area contributed by atoms with E-state index in [1.807, 2.05) is 73.1 Å². The number of nitrogen functional groups attached to an aromatic ring is 1. The van der Waals surface area contributed by atoms with Gasteiger partial charge >= 0.3 is 6.09 Å². The zero-order valence-electron chi connectivity index (χ0n) is 23.4. The van der Waals surface area contributed by atoms with E-state index in [1.54, 1.807) is 35.1 Å². The van der Waals surface area contributed by atoms with E-state index < -0.39 is 18.0 Å². The van der Waals surface area contributed by atoms with Crippen molar-refractivity contribution in [1.29, 1.82) is 0 Å². The number of nitrogens with two attached hydrogens (primary N) is 1. The van der Waals surface area contributed by atoms with Gasteiger partial charge in [-0.15, -0.1) is 10.2 Å². The molecule has 0 aliphatic heterocycles. The molecule has 220 valence electrons. The first-order chi connectivity index (χ1) is 20.8. The summed E-state index contributed by atoms with van der Waals surface area (Å²) in [7, 11) is 1.82. The number of carboxylic acid groups (broad SMARTS) is 1. The molecule has 0 radical (unpaired) electrons. The van der Waals surface area contributed by atoms with Crippen molar-refractivity contribution in [1.82, 2.24) is 36.0 Å². The lowest BCUT2D eigenvalue weighted by Gasteiger charge is -2.12. The van der Waals surface area contributed by atoms with Crippen LogP contribution in [-0.4, -0.2) is 49.0 Å². The zero-order valence-corrected chi connectivity index (χ0v) is 23.4. The van der Waals surface area contributed by atoms with E-state index in [0.717, 1.165) is 22.4 Å². The number of aryl methyl sites for hydroxylation is 1. The Hall–Kier alpha value is -5.82. The van der Waals surface area contributed by atoms with Gasteiger partial charge in [-0.05, 0) is 42.8 Å². The number of carbonyl (C=O) groups is 3. The van der Waals surface area contributed by atoms with E-state index in [-0.39, 0.29) is 12.5 Å². The molecule has 2 heterocycles. The number of amides is 3. The van der Waals surface area contributed by atoms with E-state index in [1.165, 1.54) is 6.92 Å². The fourth-order valence-corrected chi connectivity index (χ4v) is 4.06. The van der Waals surface area contributed by atoms with E-state index in [0.29, 0.717) is 22.9 Å². The van der Waals surface area contributed by atoms with Gasteiger partial charge in [0.1, 0.15) is 6.04 Å². The van der Waals surface area contributed by atoms with Gasteiger partial charge in [-0.3, -0.25) is 19.7 Å². The molecule has 0 aliphatic carbocycles. The van der Waals surface area contributed by atoms with E-state index in [4.69, 9.17) is 15.4 Å². The Morgan fingerprint density at radius 1 is 0.930 bits per heavy atom. The van der Waals surface area contributed by atoms with Crippen molar-refractivity contribution in [2.75, 3.05) is 0 Å². The molecule has 0 aliphatic rings. The standard InChI is InChI=1S/C23H22N6O4.C7H8N2O/c1-14(26-23(31)32)20(30)24-12-15-7-6-10-17(11-15)19-18(13-25-29(19)2)22-28-27-21(33-22)16-8-4-3-5-9-16;8-9-7(10)6-4-2-1-3-5-6/h3-11,13-14,26H,12H2,1-2H3,(H,24,30)(H,31,32);1-5H,8H2,(H,9,10)/t14-;/m0./s1. The Bertz CT molecular complexity index is 1690. The van der Waals surface area contributed by atoms with Crippen molar-refractivity contribution < 1.29 is 23.9 Å². The third-order valence-corrected chi connectivity index (χ3v) is 6.18. The van der Waals surface area contributed by atoms with Gasteiger partial charge in [0.2, 0.25) is 11.8 Å². The van der Waals surface area contributed by atoms with Crippen LogP contribution in [0.2, 0.25) is 0 Å². The number of rotatable bonds is 8. The molecule has 5 aromatic rings. The second-order valence-electron chi connectivity index (χ2n) is 9.24. The highest BCUT2D eigenvalue weighted by Crippen LogP contribution is 2.32. The first-order valence-corrected chi connectivity index (χ1v) is 13.1. The maximum Gasteiger partial charge on any atom is 0.405 e. The summed E-state index contributed by atoms with van der Waals surface area (Å²) in [6, 6.07) is 25.0. The minimum atomic E-state index is -1.25. The Labute approximate surface area is 246 Å². The SMILES string of the molecule is C[C@H](NC(=O)O)C(=O)NCc1cccc(-c2c(-c3nnc(-c4ccccc4)o3)cnn2C)c1.NNC(=O)c1ccccc1. The molecule has 43 heavy (non-hydrogen) atoms. The summed E-state index contributed by atoms with van der Waals surface area (Å²) >= 11 is 0. The van der Waals surface area contributed by atoms with Gasteiger partial charge in [0.05, 0.1) is 17.5 Å². The number of aromatic nitrogens is 4. The van der Waals surface area contributed by atoms with Crippen molar-refractivity contribution in [3.05, 3.63) is 102 Å². The fourth-order valence-electron chi connectivity index (χ4n) is 4.06. The first-order valence-electron chi connectivity index (χ1n) is 13.1. The summed E-state index contributed by atoms with van der Waals surface area (Å²) < 4.78 is 7.63. The molecule has 1 atom stereocenters. The molecule has 0 saturated carbocycles. The Morgan fingerprint density at radius 2 is 1.58 bits per heavy atom. The number of benzene rings is 3. The maximum absolute atomic E-state index is 12.1. The minimum Gasteiger partial charge on any atom is -0.465 e. The van der Waals surface area contributed by atoms with Gasteiger partial charge in [-0.25, -0.2) is 10.6 Å². The Morgan fingerprint density at radius 3 is 2.26 bits per heavy atom. The third-order valence-electron chi connectivity index (χ3n) is 6.18. The van der Waals surface area contributed by atoms with Crippen LogP contribution in [0.4, 0.5) is 4.79 Å². The van der Waals surface area contributed by atoms with Crippen molar-refractivity contribution in [3.63, 3.8) is 0 Å². The lowest BCUT2D eigenvalue weighted by molar-refractivity contribution is -0.122. The second kappa shape index (κ2) is 14.2. The first kappa shape index (κ1) is 30.1. The Balaban J connectivity index is 0.000000359. The van der Waals surface area contributed by atoms with E-state index >= 15 is 0 Å². The Kier molecular flexibility index (Phi) is 9.95. The summed E-state index contributed by atoms with van der Waals surface area (Å²) in [4.78, 5) is 33.6. The van der Waals surface area contributed by atoms with Crippen molar-refractivity contribution in [2.45, 2.75) is 19.5 Å². The number of carbonyl (C=O) groups excluding carboxylic acids is 2. The number of nitrogens with one attached hydrogen (secondary N) is 3. The van der Waals surface area contributed by atoms with Gasteiger partial charge < -0.3 is 20.2 Å². The van der Waals surface area contributed by atoms with Gasteiger partial charge in [0, 0.05) is 30.3 Å². The monoisotopic (exact) mass is 582 g/mol. The lowest BCUT2D eigenvalue weighted by atomic mass is 10.0. The summed E-state index contributed by atoms with van der Waals surface area (Å²) in [5.74, 6) is 5.00. The molecule has 0 bridgehead atoms. The number of hydrogen-bond donors (Lipinski definition) is 5. The predicted octanol–water partition coefficient (Wildman–Crippen LogP) is 3.37. The quantitative estimate of drug-likeness (QED) is 0.104. The molecule has 3 amide bonds.